The smallest absolute Gasteiger partial charge is 0.326 e. The van der Waals surface area contributed by atoms with Gasteiger partial charge in [-0.1, -0.05) is 18.2 Å². The fourth-order valence-electron chi connectivity index (χ4n) is 3.55. The molecule has 1 aromatic carbocycles. The number of nitrogens with one attached hydrogen (secondary N) is 2. The Labute approximate surface area is 156 Å². The van der Waals surface area contributed by atoms with Crippen LogP contribution in [0.1, 0.15) is 25.3 Å². The highest BCUT2D eigenvalue weighted by atomic mass is 16.4. The molecule has 0 unspecified atom stereocenters. The van der Waals surface area contributed by atoms with Crippen LogP contribution in [0.2, 0.25) is 0 Å². The van der Waals surface area contributed by atoms with Gasteiger partial charge in [-0.05, 0) is 37.8 Å². The van der Waals surface area contributed by atoms with E-state index in [1.807, 2.05) is 30.5 Å². The minimum atomic E-state index is -1.02. The summed E-state index contributed by atoms with van der Waals surface area (Å²) < 4.78 is 0. The second-order valence-electron chi connectivity index (χ2n) is 6.93. The number of H-pyrrole nitrogens is 1. The number of para-hydroxylation sites is 1. The maximum atomic E-state index is 12.5. The number of aromatic amines is 1. The maximum Gasteiger partial charge on any atom is 0.326 e. The number of fused-ring (bicyclic) bond motifs is 1. The first kappa shape index (κ1) is 18.9. The molecule has 3 atom stereocenters. The number of nitrogens with zero attached hydrogens (tertiary/aromatic N) is 1. The van der Waals surface area contributed by atoms with Crippen LogP contribution in [0, 0.1) is 0 Å². The van der Waals surface area contributed by atoms with E-state index in [0.29, 0.717) is 25.8 Å². The van der Waals surface area contributed by atoms with Gasteiger partial charge in [0.2, 0.25) is 11.8 Å². The molecule has 0 spiro atoms. The highest BCUT2D eigenvalue weighted by molar-refractivity contribution is 5.92. The highest BCUT2D eigenvalue weighted by Gasteiger charge is 2.36. The van der Waals surface area contributed by atoms with Gasteiger partial charge in [0.05, 0.1) is 6.04 Å². The van der Waals surface area contributed by atoms with Crippen molar-refractivity contribution in [3.63, 3.8) is 0 Å². The first-order chi connectivity index (χ1) is 12.9. The molecule has 8 nitrogen and oxygen atoms in total. The Morgan fingerprint density at radius 2 is 2.11 bits per heavy atom. The lowest BCUT2D eigenvalue weighted by Crippen LogP contribution is -2.53. The number of hydrogen-bond acceptors (Lipinski definition) is 4. The topological polar surface area (TPSA) is 129 Å². The quantitative estimate of drug-likeness (QED) is 0.591. The van der Waals surface area contributed by atoms with E-state index in [1.165, 1.54) is 4.90 Å². The Morgan fingerprint density at radius 1 is 1.37 bits per heavy atom. The van der Waals surface area contributed by atoms with Crippen molar-refractivity contribution in [1.82, 2.24) is 15.2 Å². The highest BCUT2D eigenvalue weighted by Crippen LogP contribution is 2.20. The van der Waals surface area contributed by atoms with E-state index in [9.17, 15) is 19.5 Å². The summed E-state index contributed by atoms with van der Waals surface area (Å²) in [4.78, 5) is 40.6. The zero-order chi connectivity index (χ0) is 19.6. The number of likely N-dealkylation sites (tertiary alicyclic amines) is 1. The van der Waals surface area contributed by atoms with Gasteiger partial charge in [-0.25, -0.2) is 4.79 Å². The predicted octanol–water partition coefficient (Wildman–Crippen LogP) is 0.618. The molecule has 144 valence electrons. The van der Waals surface area contributed by atoms with Crippen molar-refractivity contribution in [3.05, 3.63) is 36.0 Å². The van der Waals surface area contributed by atoms with Crippen LogP contribution < -0.4 is 11.1 Å². The fraction of sp³-hybridized carbons (Fsp3) is 0.421. The second-order valence-corrected chi connectivity index (χ2v) is 6.93. The lowest BCUT2D eigenvalue weighted by molar-refractivity contribution is -0.149. The van der Waals surface area contributed by atoms with E-state index in [1.54, 1.807) is 6.92 Å². The molecule has 3 rings (SSSR count). The predicted molar refractivity (Wildman–Crippen MR) is 100.0 cm³/mol. The van der Waals surface area contributed by atoms with Gasteiger partial charge in [0.15, 0.2) is 0 Å². The van der Waals surface area contributed by atoms with Gasteiger partial charge in [0.1, 0.15) is 12.1 Å². The van der Waals surface area contributed by atoms with Crippen molar-refractivity contribution in [2.45, 2.75) is 44.3 Å². The van der Waals surface area contributed by atoms with Crippen LogP contribution in [0.5, 0.6) is 0 Å². The fourth-order valence-corrected chi connectivity index (χ4v) is 3.55. The Morgan fingerprint density at radius 3 is 2.85 bits per heavy atom. The van der Waals surface area contributed by atoms with Gasteiger partial charge in [-0.3, -0.25) is 9.59 Å². The van der Waals surface area contributed by atoms with Gasteiger partial charge < -0.3 is 26.0 Å². The minimum absolute atomic E-state index is 0.332. The number of carboxylic acids is 1. The summed E-state index contributed by atoms with van der Waals surface area (Å²) in [6.07, 6.45) is 3.23. The Balaban J connectivity index is 1.60. The van der Waals surface area contributed by atoms with Crippen LogP contribution in [0.3, 0.4) is 0 Å². The summed E-state index contributed by atoms with van der Waals surface area (Å²) in [5.41, 5.74) is 7.93. The molecule has 0 bridgehead atoms. The molecule has 0 saturated carbocycles. The summed E-state index contributed by atoms with van der Waals surface area (Å²) >= 11 is 0. The number of carbonyl (C=O) groups excluding carboxylic acids is 2. The molecule has 1 fully saturated rings. The van der Waals surface area contributed by atoms with E-state index >= 15 is 0 Å². The first-order valence-electron chi connectivity index (χ1n) is 9.02. The van der Waals surface area contributed by atoms with Crippen LogP contribution in [0.25, 0.3) is 10.9 Å². The molecule has 1 aliphatic rings. The van der Waals surface area contributed by atoms with Gasteiger partial charge in [0, 0.05) is 23.6 Å². The van der Waals surface area contributed by atoms with Crippen LogP contribution in [-0.4, -0.2) is 57.4 Å². The molecule has 0 aliphatic carbocycles. The Hall–Kier alpha value is -2.87. The normalized spacial score (nSPS) is 19.0. The van der Waals surface area contributed by atoms with Crippen molar-refractivity contribution in [2.24, 2.45) is 5.73 Å². The maximum absolute atomic E-state index is 12.5. The average Bonchev–Trinajstić information content (AvgIpc) is 3.28. The molecule has 1 saturated heterocycles. The van der Waals surface area contributed by atoms with E-state index in [0.717, 1.165) is 16.5 Å². The van der Waals surface area contributed by atoms with Gasteiger partial charge in [-0.15, -0.1) is 0 Å². The van der Waals surface area contributed by atoms with Crippen molar-refractivity contribution >= 4 is 28.7 Å². The second kappa shape index (κ2) is 7.79. The zero-order valence-corrected chi connectivity index (χ0v) is 15.1. The number of amides is 2. The third-order valence-electron chi connectivity index (χ3n) is 5.00. The number of nitrogens with two attached hydrogens (primary N) is 1. The van der Waals surface area contributed by atoms with E-state index in [2.05, 4.69) is 10.3 Å². The van der Waals surface area contributed by atoms with E-state index in [4.69, 9.17) is 5.73 Å². The summed E-state index contributed by atoms with van der Waals surface area (Å²) in [5.74, 6) is -1.85. The molecule has 2 aromatic rings. The number of hydrogen-bond donors (Lipinski definition) is 4. The molecule has 2 amide bonds. The largest absolute Gasteiger partial charge is 0.480 e. The minimum Gasteiger partial charge on any atom is -0.480 e. The first-order valence-corrected chi connectivity index (χ1v) is 9.02. The lowest BCUT2D eigenvalue weighted by atomic mass is 10.0. The number of rotatable bonds is 6. The Bertz CT molecular complexity index is 862. The van der Waals surface area contributed by atoms with Crippen LogP contribution in [0.15, 0.2) is 30.5 Å². The van der Waals surface area contributed by atoms with E-state index in [-0.39, 0.29) is 0 Å². The van der Waals surface area contributed by atoms with Crippen molar-refractivity contribution in [3.8, 4) is 0 Å². The molecular formula is C19H24N4O4. The lowest BCUT2D eigenvalue weighted by Gasteiger charge is -2.26. The SMILES string of the molecule is C[C@H](NC(=O)[C@@H](N)Cc1c[nH]c2ccccc12)C(=O)N1CCC[C@H]1C(=O)O. The molecular weight excluding hydrogens is 348 g/mol. The van der Waals surface area contributed by atoms with Crippen LogP contribution >= 0.6 is 0 Å². The summed E-state index contributed by atoms with van der Waals surface area (Å²) in [6.45, 7) is 1.94. The number of carboxylic acid groups (broad SMARTS) is 1. The zero-order valence-electron chi connectivity index (χ0n) is 15.1. The van der Waals surface area contributed by atoms with Gasteiger partial charge >= 0.3 is 5.97 Å². The molecule has 2 heterocycles. The summed E-state index contributed by atoms with van der Waals surface area (Å²) in [5, 5.41) is 12.8. The van der Waals surface area contributed by atoms with Crippen molar-refractivity contribution < 1.29 is 19.5 Å². The molecule has 27 heavy (non-hydrogen) atoms. The standard InChI is InChI=1S/C19H24N4O4/c1-11(18(25)23-8-4-7-16(23)19(26)27)22-17(24)14(20)9-12-10-21-15-6-3-2-5-13(12)15/h2-3,5-6,10-11,14,16,21H,4,7-9,20H2,1H3,(H,22,24)(H,26,27)/t11-,14-,16-/m0/s1. The third kappa shape index (κ3) is 3.95. The number of aromatic nitrogens is 1. The van der Waals surface area contributed by atoms with Crippen molar-refractivity contribution in [1.29, 1.82) is 0 Å². The van der Waals surface area contributed by atoms with Crippen molar-refractivity contribution in [2.75, 3.05) is 6.54 Å². The third-order valence-corrected chi connectivity index (χ3v) is 5.00. The number of carbonyl (C=O) groups is 3. The van der Waals surface area contributed by atoms with Gasteiger partial charge in [-0.2, -0.15) is 0 Å². The molecule has 1 aliphatic heterocycles. The molecule has 1 aromatic heterocycles. The van der Waals surface area contributed by atoms with Crippen LogP contribution in [0.4, 0.5) is 0 Å². The summed E-state index contributed by atoms with van der Waals surface area (Å²) in [6, 6.07) is 5.28. The summed E-state index contributed by atoms with van der Waals surface area (Å²) in [7, 11) is 0. The van der Waals surface area contributed by atoms with Crippen LogP contribution in [-0.2, 0) is 20.8 Å². The number of aliphatic carboxylic acids is 1. The van der Waals surface area contributed by atoms with E-state index < -0.39 is 35.9 Å². The monoisotopic (exact) mass is 372 g/mol. The van der Waals surface area contributed by atoms with Gasteiger partial charge in [0.25, 0.3) is 0 Å². The average molecular weight is 372 g/mol. The molecule has 0 radical (unpaired) electrons. The molecule has 8 heteroatoms. The molecule has 5 N–H and O–H groups in total. The Kier molecular flexibility index (Phi) is 5.46. The number of benzene rings is 1.